The van der Waals surface area contributed by atoms with Crippen molar-refractivity contribution >= 4 is 19.2 Å². The summed E-state index contributed by atoms with van der Waals surface area (Å²) in [6.45, 7) is 8.78. The molecule has 0 rings (SSSR count). The Labute approximate surface area is 58.6 Å². The average molecular weight is 150 g/mol. The summed E-state index contributed by atoms with van der Waals surface area (Å²) in [7, 11) is -0.551. The van der Waals surface area contributed by atoms with E-state index in [9.17, 15) is 0 Å². The number of hydrogen-bond acceptors (Lipinski definition) is 0. The largest absolute Gasteiger partial charge is 0.170 e. The van der Waals surface area contributed by atoms with Gasteiger partial charge < -0.3 is 0 Å². The van der Waals surface area contributed by atoms with E-state index in [4.69, 9.17) is 11.1 Å². The Morgan fingerprint density at radius 1 is 1.00 bits per heavy atom. The quantitative estimate of drug-likeness (QED) is 0.418. The van der Waals surface area contributed by atoms with Crippen LogP contribution in [0.5, 0.6) is 0 Å². The van der Waals surface area contributed by atoms with E-state index >= 15 is 0 Å². The molecule has 2 heteroatoms. The molecule has 0 unspecified atom stereocenters. The molecular formula is C6H14ClSi. The highest BCUT2D eigenvalue weighted by molar-refractivity contribution is 7.08. The summed E-state index contributed by atoms with van der Waals surface area (Å²) in [5.41, 5.74) is 1.42. The third-order valence-corrected chi connectivity index (χ3v) is 5.93. The molecule has 0 aliphatic carbocycles. The summed E-state index contributed by atoms with van der Waals surface area (Å²) in [6, 6.07) is 0. The Bertz CT molecular complexity index is 53.5. The van der Waals surface area contributed by atoms with Crippen LogP contribution in [-0.4, -0.2) is 8.11 Å². The molecule has 0 aromatic heterocycles. The normalized spacial score (nSPS) is 12.0. The van der Waals surface area contributed by atoms with Crippen LogP contribution in [0.3, 0.4) is 0 Å². The molecule has 0 aromatic rings. The molecule has 0 aliphatic heterocycles. The molecule has 0 aliphatic rings. The highest BCUT2D eigenvalue weighted by Gasteiger charge is 2.16. The van der Waals surface area contributed by atoms with Gasteiger partial charge in [0.2, 0.25) is 0 Å². The van der Waals surface area contributed by atoms with Crippen molar-refractivity contribution in [2.75, 3.05) is 0 Å². The van der Waals surface area contributed by atoms with Crippen molar-refractivity contribution in [1.29, 1.82) is 0 Å². The second-order valence-electron chi connectivity index (χ2n) is 2.69. The molecule has 8 heavy (non-hydrogen) atoms. The van der Waals surface area contributed by atoms with Gasteiger partial charge in [-0.2, -0.15) is 11.1 Å². The van der Waals surface area contributed by atoms with Crippen LogP contribution in [0.15, 0.2) is 0 Å². The van der Waals surface area contributed by atoms with Gasteiger partial charge in [-0.15, -0.1) is 0 Å². The lowest BCUT2D eigenvalue weighted by atomic mass is 10.5. The Hall–Kier alpha value is 0.507. The summed E-state index contributed by atoms with van der Waals surface area (Å²) >= 11 is 6.05. The van der Waals surface area contributed by atoms with Gasteiger partial charge in [0.1, 0.15) is 0 Å². The number of rotatable bonds is 2. The first kappa shape index (κ1) is 8.51. The Kier molecular flexibility index (Phi) is 3.74. The van der Waals surface area contributed by atoms with Crippen molar-refractivity contribution in [2.24, 2.45) is 0 Å². The molecule has 0 atom stereocenters. The average Bonchev–Trinajstić information content (AvgIpc) is 1.64. The van der Waals surface area contributed by atoms with Crippen molar-refractivity contribution in [3.05, 3.63) is 0 Å². The minimum atomic E-state index is -0.551. The lowest BCUT2D eigenvalue weighted by Crippen LogP contribution is -2.12. The molecule has 0 fully saturated rings. The fraction of sp³-hybridized carbons (Fsp3) is 1.00. The van der Waals surface area contributed by atoms with E-state index in [2.05, 4.69) is 27.7 Å². The highest BCUT2D eigenvalue weighted by Crippen LogP contribution is 2.22. The second-order valence-corrected chi connectivity index (χ2v) is 7.08. The summed E-state index contributed by atoms with van der Waals surface area (Å²) in [6.07, 6.45) is 0. The third-order valence-electron chi connectivity index (χ3n) is 1.10. The predicted molar refractivity (Wildman–Crippen MR) is 41.8 cm³/mol. The summed E-state index contributed by atoms with van der Waals surface area (Å²) in [4.78, 5) is 0. The monoisotopic (exact) mass is 149 g/mol. The van der Waals surface area contributed by atoms with E-state index in [0.717, 1.165) is 0 Å². The lowest BCUT2D eigenvalue weighted by Gasteiger charge is -2.13. The van der Waals surface area contributed by atoms with Gasteiger partial charge >= 0.3 is 0 Å². The molecule has 0 saturated heterocycles. The van der Waals surface area contributed by atoms with E-state index in [-0.39, 0.29) is 0 Å². The van der Waals surface area contributed by atoms with Crippen LogP contribution in [-0.2, 0) is 0 Å². The zero-order valence-corrected chi connectivity index (χ0v) is 7.79. The van der Waals surface area contributed by atoms with Gasteiger partial charge in [-0.3, -0.25) is 0 Å². The second kappa shape index (κ2) is 3.52. The molecule has 0 aromatic carbocycles. The van der Waals surface area contributed by atoms with Gasteiger partial charge in [0.25, 0.3) is 0 Å². The first-order chi connectivity index (χ1) is 3.55. The lowest BCUT2D eigenvalue weighted by molar-refractivity contribution is 0.962. The molecule has 0 N–H and O–H groups in total. The molecular weight excluding hydrogens is 136 g/mol. The van der Waals surface area contributed by atoms with Crippen LogP contribution in [0.4, 0.5) is 0 Å². The Morgan fingerprint density at radius 2 is 1.25 bits per heavy atom. The van der Waals surface area contributed by atoms with Crippen LogP contribution in [0.1, 0.15) is 27.7 Å². The van der Waals surface area contributed by atoms with Gasteiger partial charge in [0, 0.05) is 0 Å². The van der Waals surface area contributed by atoms with E-state index in [1.807, 2.05) is 0 Å². The maximum absolute atomic E-state index is 6.05. The molecule has 0 saturated carbocycles. The van der Waals surface area contributed by atoms with E-state index in [1.165, 1.54) is 0 Å². The van der Waals surface area contributed by atoms with Crippen LogP contribution in [0.2, 0.25) is 11.1 Å². The minimum Gasteiger partial charge on any atom is -0.168 e. The standard InChI is InChI=1S/C6H14ClSi/c1-5(2)8(7)6(3)4/h5-6H,1-4H3. The van der Waals surface area contributed by atoms with Crippen molar-refractivity contribution in [3.8, 4) is 0 Å². The predicted octanol–water partition coefficient (Wildman–Crippen LogP) is 3.04. The molecule has 0 spiro atoms. The Balaban J connectivity index is 3.46. The maximum atomic E-state index is 6.05. The zero-order valence-electron chi connectivity index (χ0n) is 6.03. The molecule has 0 nitrogen and oxygen atoms in total. The van der Waals surface area contributed by atoms with Crippen LogP contribution >= 0.6 is 11.1 Å². The summed E-state index contributed by atoms with van der Waals surface area (Å²) in [5.74, 6) is 0. The first-order valence-corrected chi connectivity index (χ1v) is 5.74. The van der Waals surface area contributed by atoms with Crippen LogP contribution in [0, 0.1) is 0 Å². The third kappa shape index (κ3) is 2.73. The Morgan fingerprint density at radius 3 is 1.25 bits per heavy atom. The molecule has 0 amide bonds. The molecule has 0 bridgehead atoms. The first-order valence-electron chi connectivity index (χ1n) is 3.08. The smallest absolute Gasteiger partial charge is 0.168 e. The van der Waals surface area contributed by atoms with Gasteiger partial charge in [0.15, 0.2) is 8.11 Å². The molecule has 1 radical (unpaired) electrons. The fourth-order valence-electron chi connectivity index (χ4n) is 0.667. The van der Waals surface area contributed by atoms with Crippen molar-refractivity contribution < 1.29 is 0 Å². The van der Waals surface area contributed by atoms with Gasteiger partial charge in [-0.1, -0.05) is 27.7 Å². The maximum Gasteiger partial charge on any atom is 0.170 e. The van der Waals surface area contributed by atoms with E-state index in [1.54, 1.807) is 0 Å². The zero-order chi connectivity index (χ0) is 6.73. The fourth-order valence-corrected chi connectivity index (χ4v) is 2.00. The van der Waals surface area contributed by atoms with Crippen molar-refractivity contribution in [1.82, 2.24) is 0 Å². The molecule has 49 valence electrons. The van der Waals surface area contributed by atoms with Gasteiger partial charge in [-0.25, -0.2) is 0 Å². The van der Waals surface area contributed by atoms with Gasteiger partial charge in [0.05, 0.1) is 0 Å². The SMILES string of the molecule is CC(C)[Si](Cl)C(C)C. The van der Waals surface area contributed by atoms with Crippen LogP contribution < -0.4 is 0 Å². The van der Waals surface area contributed by atoms with Crippen molar-refractivity contribution in [2.45, 2.75) is 38.8 Å². The molecule has 0 heterocycles. The summed E-state index contributed by atoms with van der Waals surface area (Å²) < 4.78 is 0. The van der Waals surface area contributed by atoms with Crippen molar-refractivity contribution in [3.63, 3.8) is 0 Å². The van der Waals surface area contributed by atoms with Crippen LogP contribution in [0.25, 0.3) is 0 Å². The minimum absolute atomic E-state index is 0.551. The van der Waals surface area contributed by atoms with E-state index < -0.39 is 8.11 Å². The topological polar surface area (TPSA) is 0 Å². The summed E-state index contributed by atoms with van der Waals surface area (Å²) in [5, 5.41) is 0. The highest BCUT2D eigenvalue weighted by atomic mass is 35.6. The number of hydrogen-bond donors (Lipinski definition) is 0. The van der Waals surface area contributed by atoms with Gasteiger partial charge in [-0.05, 0) is 11.1 Å². The number of halogens is 1. The van der Waals surface area contributed by atoms with E-state index in [0.29, 0.717) is 11.1 Å².